The highest BCUT2D eigenvalue weighted by molar-refractivity contribution is 6.09. The Balaban J connectivity index is 2.35. The lowest BCUT2D eigenvalue weighted by atomic mass is 10.2. The van der Waals surface area contributed by atoms with E-state index < -0.39 is 0 Å². The van der Waals surface area contributed by atoms with Gasteiger partial charge in [0.2, 0.25) is 0 Å². The van der Waals surface area contributed by atoms with Gasteiger partial charge in [0.15, 0.2) is 0 Å². The second kappa shape index (κ2) is 6.95. The summed E-state index contributed by atoms with van der Waals surface area (Å²) >= 11 is 0. The van der Waals surface area contributed by atoms with Gasteiger partial charge in [-0.3, -0.25) is 14.3 Å². The third-order valence-corrected chi connectivity index (χ3v) is 3.35. The number of nitrogens with zero attached hydrogens (tertiary/aromatic N) is 3. The average Bonchev–Trinajstić information content (AvgIpc) is 2.96. The molecule has 0 aliphatic heterocycles. The Labute approximate surface area is 134 Å². The molecule has 2 aromatic rings. The normalized spacial score (nSPS) is 10.3. The summed E-state index contributed by atoms with van der Waals surface area (Å²) in [5.74, 6) is -0.112. The Morgan fingerprint density at radius 1 is 1.30 bits per heavy atom. The van der Waals surface area contributed by atoms with Crippen molar-refractivity contribution in [1.29, 1.82) is 0 Å². The lowest BCUT2D eigenvalue weighted by molar-refractivity contribution is 0.0816. The van der Waals surface area contributed by atoms with Crippen LogP contribution >= 0.6 is 0 Å². The number of para-hydroxylation sites is 1. The average molecular weight is 316 g/mol. The van der Waals surface area contributed by atoms with Gasteiger partial charge in [0, 0.05) is 20.6 Å². The van der Waals surface area contributed by atoms with Crippen molar-refractivity contribution < 1.29 is 14.3 Å². The standard InChI is InChI=1S/C16H20N4O3/c1-5-20-14(16(22)19(2)3)12(10-17-20)18-15(21)11-8-6-7-9-13(11)23-4/h6-10H,5H2,1-4H3,(H,18,21). The molecule has 0 spiro atoms. The van der Waals surface area contributed by atoms with E-state index in [9.17, 15) is 9.59 Å². The first-order chi connectivity index (χ1) is 11.0. The van der Waals surface area contributed by atoms with Crippen molar-refractivity contribution in [2.45, 2.75) is 13.5 Å². The van der Waals surface area contributed by atoms with Crippen LogP contribution in [0.3, 0.4) is 0 Å². The number of benzene rings is 1. The Morgan fingerprint density at radius 3 is 2.61 bits per heavy atom. The highest BCUT2D eigenvalue weighted by Gasteiger charge is 2.22. The van der Waals surface area contributed by atoms with Crippen molar-refractivity contribution in [3.8, 4) is 5.75 Å². The summed E-state index contributed by atoms with van der Waals surface area (Å²) in [7, 11) is 4.81. The predicted molar refractivity (Wildman–Crippen MR) is 86.9 cm³/mol. The first-order valence-corrected chi connectivity index (χ1v) is 7.21. The fourth-order valence-corrected chi connectivity index (χ4v) is 2.18. The maximum Gasteiger partial charge on any atom is 0.273 e. The monoisotopic (exact) mass is 316 g/mol. The largest absolute Gasteiger partial charge is 0.496 e. The van der Waals surface area contributed by atoms with E-state index >= 15 is 0 Å². The molecule has 2 amide bonds. The van der Waals surface area contributed by atoms with Gasteiger partial charge >= 0.3 is 0 Å². The molecule has 0 bridgehead atoms. The molecule has 0 aliphatic carbocycles. The third-order valence-electron chi connectivity index (χ3n) is 3.35. The number of hydrogen-bond donors (Lipinski definition) is 1. The van der Waals surface area contributed by atoms with Gasteiger partial charge < -0.3 is 15.0 Å². The van der Waals surface area contributed by atoms with Crippen molar-refractivity contribution in [3.05, 3.63) is 41.7 Å². The SMILES string of the molecule is CCn1ncc(NC(=O)c2ccccc2OC)c1C(=O)N(C)C. The zero-order valence-corrected chi connectivity index (χ0v) is 13.7. The number of carbonyl (C=O) groups excluding carboxylic acids is 2. The fraction of sp³-hybridized carbons (Fsp3) is 0.312. The highest BCUT2D eigenvalue weighted by Crippen LogP contribution is 2.21. The van der Waals surface area contributed by atoms with Crippen LogP contribution in [0, 0.1) is 0 Å². The van der Waals surface area contributed by atoms with Crippen LogP contribution in [0.4, 0.5) is 5.69 Å². The van der Waals surface area contributed by atoms with E-state index in [2.05, 4.69) is 10.4 Å². The second-order valence-corrected chi connectivity index (χ2v) is 5.08. The first kappa shape index (κ1) is 16.5. The van der Waals surface area contributed by atoms with Crippen LogP contribution in [0.1, 0.15) is 27.8 Å². The Morgan fingerprint density at radius 2 is 2.00 bits per heavy atom. The molecule has 0 fully saturated rings. The molecule has 23 heavy (non-hydrogen) atoms. The second-order valence-electron chi connectivity index (χ2n) is 5.08. The summed E-state index contributed by atoms with van der Waals surface area (Å²) in [6.07, 6.45) is 1.48. The van der Waals surface area contributed by atoms with Gasteiger partial charge in [0.1, 0.15) is 11.4 Å². The van der Waals surface area contributed by atoms with Gasteiger partial charge in [-0.15, -0.1) is 0 Å². The minimum absolute atomic E-state index is 0.223. The lowest BCUT2D eigenvalue weighted by Crippen LogP contribution is -2.26. The molecule has 1 heterocycles. The maximum atomic E-state index is 12.5. The van der Waals surface area contributed by atoms with E-state index in [0.717, 1.165) is 0 Å². The molecular formula is C16H20N4O3. The number of amides is 2. The summed E-state index contributed by atoms with van der Waals surface area (Å²) in [4.78, 5) is 26.3. The van der Waals surface area contributed by atoms with E-state index in [1.54, 1.807) is 43.0 Å². The number of ether oxygens (including phenoxy) is 1. The lowest BCUT2D eigenvalue weighted by Gasteiger charge is -2.14. The van der Waals surface area contributed by atoms with Gasteiger partial charge in [0.25, 0.3) is 11.8 Å². The number of rotatable bonds is 5. The summed E-state index contributed by atoms with van der Waals surface area (Å²) in [5, 5.41) is 6.89. The minimum Gasteiger partial charge on any atom is -0.496 e. The molecule has 0 atom stereocenters. The summed E-state index contributed by atoms with van der Waals surface area (Å²) in [6.45, 7) is 2.41. The molecule has 0 saturated carbocycles. The Kier molecular flexibility index (Phi) is 5.00. The Hall–Kier alpha value is -2.83. The van der Waals surface area contributed by atoms with Crippen molar-refractivity contribution in [1.82, 2.24) is 14.7 Å². The molecule has 1 aromatic heterocycles. The number of nitrogens with one attached hydrogen (secondary N) is 1. The van der Waals surface area contributed by atoms with Gasteiger partial charge in [-0.2, -0.15) is 5.10 Å². The van der Waals surface area contributed by atoms with E-state index in [-0.39, 0.29) is 11.8 Å². The molecule has 7 heteroatoms. The summed E-state index contributed by atoms with van der Waals surface area (Å²) < 4.78 is 6.75. The van der Waals surface area contributed by atoms with E-state index in [0.29, 0.717) is 29.2 Å². The smallest absolute Gasteiger partial charge is 0.273 e. The van der Waals surface area contributed by atoms with Crippen LogP contribution in [0.2, 0.25) is 0 Å². The van der Waals surface area contributed by atoms with Crippen LogP contribution in [-0.2, 0) is 6.54 Å². The molecule has 0 radical (unpaired) electrons. The number of hydrogen-bond acceptors (Lipinski definition) is 4. The fourth-order valence-electron chi connectivity index (χ4n) is 2.18. The van der Waals surface area contributed by atoms with Gasteiger partial charge in [-0.1, -0.05) is 12.1 Å². The molecule has 122 valence electrons. The van der Waals surface area contributed by atoms with Gasteiger partial charge in [0.05, 0.1) is 24.6 Å². The molecule has 7 nitrogen and oxygen atoms in total. The predicted octanol–water partition coefficient (Wildman–Crippen LogP) is 1.87. The summed E-state index contributed by atoms with van der Waals surface area (Å²) in [5.41, 5.74) is 1.12. The molecule has 0 saturated heterocycles. The molecule has 0 unspecified atom stereocenters. The number of aryl methyl sites for hydroxylation is 1. The number of anilines is 1. The number of carbonyl (C=O) groups is 2. The van der Waals surface area contributed by atoms with Crippen LogP contribution in [0.15, 0.2) is 30.5 Å². The first-order valence-electron chi connectivity index (χ1n) is 7.21. The van der Waals surface area contributed by atoms with Crippen LogP contribution in [0.5, 0.6) is 5.75 Å². The van der Waals surface area contributed by atoms with Gasteiger partial charge in [-0.05, 0) is 19.1 Å². The number of aromatic nitrogens is 2. The van der Waals surface area contributed by atoms with Crippen molar-refractivity contribution >= 4 is 17.5 Å². The zero-order chi connectivity index (χ0) is 17.0. The molecule has 0 aliphatic rings. The van der Waals surface area contributed by atoms with Crippen LogP contribution < -0.4 is 10.1 Å². The van der Waals surface area contributed by atoms with Gasteiger partial charge in [-0.25, -0.2) is 0 Å². The van der Waals surface area contributed by atoms with Crippen molar-refractivity contribution in [3.63, 3.8) is 0 Å². The third kappa shape index (κ3) is 3.33. The summed E-state index contributed by atoms with van der Waals surface area (Å²) in [6, 6.07) is 6.90. The Bertz CT molecular complexity index is 722. The van der Waals surface area contributed by atoms with Crippen molar-refractivity contribution in [2.24, 2.45) is 0 Å². The maximum absolute atomic E-state index is 12.5. The van der Waals surface area contributed by atoms with E-state index in [4.69, 9.17) is 4.74 Å². The minimum atomic E-state index is -0.356. The van der Waals surface area contributed by atoms with Crippen LogP contribution in [-0.4, -0.2) is 47.7 Å². The molecule has 1 N–H and O–H groups in total. The number of methoxy groups -OCH3 is 1. The zero-order valence-electron chi connectivity index (χ0n) is 13.7. The topological polar surface area (TPSA) is 76.5 Å². The highest BCUT2D eigenvalue weighted by atomic mass is 16.5. The van der Waals surface area contributed by atoms with E-state index in [1.165, 1.54) is 18.2 Å². The van der Waals surface area contributed by atoms with Crippen LogP contribution in [0.25, 0.3) is 0 Å². The molecular weight excluding hydrogens is 296 g/mol. The quantitative estimate of drug-likeness (QED) is 0.913. The molecule has 2 rings (SSSR count). The van der Waals surface area contributed by atoms with E-state index in [1.807, 2.05) is 6.92 Å². The van der Waals surface area contributed by atoms with Crippen molar-refractivity contribution in [2.75, 3.05) is 26.5 Å². The molecule has 1 aromatic carbocycles.